The maximum absolute atomic E-state index is 13.3. The van der Waals surface area contributed by atoms with Gasteiger partial charge < -0.3 is 15.0 Å². The highest BCUT2D eigenvalue weighted by molar-refractivity contribution is 14.0. The van der Waals surface area contributed by atoms with Gasteiger partial charge in [-0.05, 0) is 48.9 Å². The van der Waals surface area contributed by atoms with Crippen molar-refractivity contribution in [2.75, 3.05) is 33.9 Å². The molecule has 0 radical (unpaired) electrons. The molecule has 0 aromatic heterocycles. The Kier molecular flexibility index (Phi) is 10.1. The summed E-state index contributed by atoms with van der Waals surface area (Å²) in [7, 11) is 3.81. The van der Waals surface area contributed by atoms with Gasteiger partial charge in [0.1, 0.15) is 5.82 Å². The number of guanidine groups is 1. The highest BCUT2D eigenvalue weighted by atomic mass is 127. The molecule has 4 nitrogen and oxygen atoms in total. The Hall–Kier alpha value is -0.410. The Morgan fingerprint density at radius 1 is 1.42 bits per heavy atom. The summed E-state index contributed by atoms with van der Waals surface area (Å²) in [5.41, 5.74) is 0.879. The number of benzene rings is 1. The fourth-order valence-electron chi connectivity index (χ4n) is 2.75. The van der Waals surface area contributed by atoms with Crippen LogP contribution in [0.25, 0.3) is 0 Å². The van der Waals surface area contributed by atoms with E-state index in [0.717, 1.165) is 60.9 Å². The van der Waals surface area contributed by atoms with Crippen LogP contribution in [0.3, 0.4) is 0 Å². The molecule has 0 unspecified atom stereocenters. The Morgan fingerprint density at radius 3 is 2.79 bits per heavy atom. The van der Waals surface area contributed by atoms with Crippen LogP contribution < -0.4 is 5.32 Å². The van der Waals surface area contributed by atoms with Crippen LogP contribution >= 0.6 is 39.9 Å². The third kappa shape index (κ3) is 6.84. The number of hydrogen-bond donors (Lipinski definition) is 1. The molecule has 1 aliphatic rings. The minimum atomic E-state index is -0.229. The predicted molar refractivity (Wildman–Crippen MR) is 111 cm³/mol. The fourth-order valence-corrected chi connectivity index (χ4v) is 3.14. The van der Waals surface area contributed by atoms with Crippen molar-refractivity contribution in [1.29, 1.82) is 0 Å². The number of halogens is 3. The van der Waals surface area contributed by atoms with E-state index in [-0.39, 0.29) is 29.8 Å². The second kappa shape index (κ2) is 11.3. The van der Waals surface area contributed by atoms with E-state index < -0.39 is 0 Å². The van der Waals surface area contributed by atoms with E-state index in [1.807, 2.05) is 7.05 Å². The van der Waals surface area contributed by atoms with E-state index in [9.17, 15) is 4.39 Å². The molecule has 1 heterocycles. The summed E-state index contributed by atoms with van der Waals surface area (Å²) < 4.78 is 19.6. The first-order chi connectivity index (χ1) is 11.1. The van der Waals surface area contributed by atoms with Crippen LogP contribution in [0.4, 0.5) is 4.39 Å². The van der Waals surface area contributed by atoms with Crippen molar-refractivity contribution >= 4 is 45.9 Å². The molecular formula is C17H26BrFIN3O. The third-order valence-corrected chi connectivity index (χ3v) is 5.01. The molecular weight excluding hydrogens is 488 g/mol. The molecule has 0 atom stereocenters. The van der Waals surface area contributed by atoms with Crippen LogP contribution in [0.1, 0.15) is 24.8 Å². The predicted octanol–water partition coefficient (Wildman–Crippen LogP) is 4.03. The lowest BCUT2D eigenvalue weighted by molar-refractivity contribution is 0.0625. The average Bonchev–Trinajstić information content (AvgIpc) is 2.57. The maximum atomic E-state index is 13.3. The normalized spacial score (nSPS) is 15.8. The van der Waals surface area contributed by atoms with Gasteiger partial charge in [-0.2, -0.15) is 0 Å². The van der Waals surface area contributed by atoms with Gasteiger partial charge in [-0.3, -0.25) is 4.99 Å². The number of rotatable bonds is 5. The van der Waals surface area contributed by atoms with Crippen LogP contribution in [0, 0.1) is 11.7 Å². The van der Waals surface area contributed by atoms with Gasteiger partial charge in [-0.25, -0.2) is 4.39 Å². The van der Waals surface area contributed by atoms with Crippen molar-refractivity contribution in [1.82, 2.24) is 10.2 Å². The van der Waals surface area contributed by atoms with E-state index in [4.69, 9.17) is 4.74 Å². The lowest BCUT2D eigenvalue weighted by atomic mass is 9.96. The average molecular weight is 514 g/mol. The monoisotopic (exact) mass is 513 g/mol. The number of nitrogens with zero attached hydrogens (tertiary/aromatic N) is 2. The molecule has 136 valence electrons. The summed E-state index contributed by atoms with van der Waals surface area (Å²) >= 11 is 3.45. The maximum Gasteiger partial charge on any atom is 0.193 e. The molecule has 0 saturated carbocycles. The van der Waals surface area contributed by atoms with E-state index in [2.05, 4.69) is 31.1 Å². The van der Waals surface area contributed by atoms with E-state index in [0.29, 0.717) is 6.54 Å². The van der Waals surface area contributed by atoms with Crippen LogP contribution in [-0.2, 0) is 11.3 Å². The molecule has 1 aliphatic heterocycles. The van der Waals surface area contributed by atoms with Gasteiger partial charge in [-0.15, -0.1) is 24.0 Å². The van der Waals surface area contributed by atoms with Crippen molar-refractivity contribution in [3.8, 4) is 0 Å². The number of aliphatic imine (C=N–C) groups is 1. The number of ether oxygens (including phenoxy) is 1. The second-order valence-electron chi connectivity index (χ2n) is 5.90. The standard InChI is InChI=1S/C17H25BrFN3O.HI/c1-20-17(21-12-14-11-15(19)3-4-16(14)18)22(2)8-5-13-6-9-23-10-7-13;/h3-4,11,13H,5-10,12H2,1-2H3,(H,20,21);1H. The lowest BCUT2D eigenvalue weighted by Crippen LogP contribution is -2.39. The van der Waals surface area contributed by atoms with Gasteiger partial charge in [0, 0.05) is 44.9 Å². The summed E-state index contributed by atoms with van der Waals surface area (Å²) in [5.74, 6) is 1.34. The Labute approximate surface area is 169 Å². The molecule has 1 N–H and O–H groups in total. The van der Waals surface area contributed by atoms with Gasteiger partial charge in [0.05, 0.1) is 0 Å². The zero-order valence-electron chi connectivity index (χ0n) is 14.2. The summed E-state index contributed by atoms with van der Waals surface area (Å²) in [6.07, 6.45) is 3.44. The molecule has 2 rings (SSSR count). The molecule has 0 bridgehead atoms. The zero-order valence-corrected chi connectivity index (χ0v) is 18.1. The molecule has 1 aromatic rings. The molecule has 0 spiro atoms. The minimum Gasteiger partial charge on any atom is -0.381 e. The second-order valence-corrected chi connectivity index (χ2v) is 6.76. The molecule has 0 amide bonds. The SMILES string of the molecule is CN=C(NCc1cc(F)ccc1Br)N(C)CCC1CCOCC1.I. The van der Waals surface area contributed by atoms with Gasteiger partial charge in [0.2, 0.25) is 0 Å². The van der Waals surface area contributed by atoms with Crippen molar-refractivity contribution in [3.63, 3.8) is 0 Å². The molecule has 7 heteroatoms. The first-order valence-electron chi connectivity index (χ1n) is 8.03. The fraction of sp³-hybridized carbons (Fsp3) is 0.588. The van der Waals surface area contributed by atoms with Crippen LogP contribution in [0.15, 0.2) is 27.7 Å². The summed E-state index contributed by atoms with van der Waals surface area (Å²) in [6, 6.07) is 4.71. The first kappa shape index (κ1) is 21.6. The third-order valence-electron chi connectivity index (χ3n) is 4.23. The molecule has 0 aliphatic carbocycles. The Morgan fingerprint density at radius 2 is 2.12 bits per heavy atom. The quantitative estimate of drug-likeness (QED) is 0.367. The topological polar surface area (TPSA) is 36.9 Å². The van der Waals surface area contributed by atoms with Crippen LogP contribution in [0.5, 0.6) is 0 Å². The van der Waals surface area contributed by atoms with Gasteiger partial charge in [-0.1, -0.05) is 15.9 Å². The van der Waals surface area contributed by atoms with Crippen molar-refractivity contribution in [2.45, 2.75) is 25.8 Å². The zero-order chi connectivity index (χ0) is 16.7. The van der Waals surface area contributed by atoms with Crippen LogP contribution in [-0.4, -0.2) is 44.7 Å². The minimum absolute atomic E-state index is 0. The smallest absolute Gasteiger partial charge is 0.193 e. The highest BCUT2D eigenvalue weighted by Gasteiger charge is 2.15. The molecule has 1 fully saturated rings. The van der Waals surface area contributed by atoms with Crippen LogP contribution in [0.2, 0.25) is 0 Å². The number of hydrogen-bond acceptors (Lipinski definition) is 2. The molecule has 1 saturated heterocycles. The summed E-state index contributed by atoms with van der Waals surface area (Å²) in [4.78, 5) is 6.44. The van der Waals surface area contributed by atoms with E-state index >= 15 is 0 Å². The Balaban J connectivity index is 0.00000288. The molecule has 1 aromatic carbocycles. The van der Waals surface area contributed by atoms with E-state index in [1.54, 1.807) is 13.1 Å². The van der Waals surface area contributed by atoms with Gasteiger partial charge in [0.15, 0.2) is 5.96 Å². The van der Waals surface area contributed by atoms with E-state index in [1.165, 1.54) is 12.1 Å². The molecule has 24 heavy (non-hydrogen) atoms. The summed E-state index contributed by atoms with van der Waals surface area (Å²) in [5, 5.41) is 3.30. The van der Waals surface area contributed by atoms with Crippen molar-refractivity contribution in [3.05, 3.63) is 34.1 Å². The first-order valence-corrected chi connectivity index (χ1v) is 8.83. The number of nitrogens with one attached hydrogen (secondary N) is 1. The Bertz CT molecular complexity index is 539. The highest BCUT2D eigenvalue weighted by Crippen LogP contribution is 2.19. The summed E-state index contributed by atoms with van der Waals surface area (Å²) in [6.45, 7) is 3.26. The van der Waals surface area contributed by atoms with Crippen molar-refractivity contribution in [2.24, 2.45) is 10.9 Å². The van der Waals surface area contributed by atoms with Crippen molar-refractivity contribution < 1.29 is 9.13 Å². The largest absolute Gasteiger partial charge is 0.381 e. The van der Waals surface area contributed by atoms with Gasteiger partial charge >= 0.3 is 0 Å². The lowest BCUT2D eigenvalue weighted by Gasteiger charge is -2.27. The van der Waals surface area contributed by atoms with Gasteiger partial charge in [0.25, 0.3) is 0 Å².